The van der Waals surface area contributed by atoms with Gasteiger partial charge in [0, 0.05) is 24.6 Å². The number of halogens is 1. The van der Waals surface area contributed by atoms with Crippen LogP contribution in [0.15, 0.2) is 95.5 Å². The Kier molecular flexibility index (Phi) is 3.88. The second-order valence-corrected chi connectivity index (χ2v) is 8.36. The van der Waals surface area contributed by atoms with Crippen molar-refractivity contribution in [3.8, 4) is 22.3 Å². The molecule has 0 saturated heterocycles. The minimum atomic E-state index is 1.13. The molecule has 0 fully saturated rings. The molecule has 1 heterocycles. The molecule has 5 aromatic rings. The number of benzene rings is 4. The van der Waals surface area contributed by atoms with Crippen molar-refractivity contribution in [2.24, 2.45) is 0 Å². The Hall–Kier alpha value is -2.42. The first-order valence-electron chi connectivity index (χ1n) is 8.56. The number of hydrogen-bond donors (Lipinski definition) is 0. The van der Waals surface area contributed by atoms with Gasteiger partial charge in [0.05, 0.1) is 0 Å². The van der Waals surface area contributed by atoms with E-state index in [1.807, 2.05) is 11.3 Å². The normalized spacial score (nSPS) is 11.3. The zero-order valence-electron chi connectivity index (χ0n) is 13.9. The van der Waals surface area contributed by atoms with Crippen molar-refractivity contribution in [1.82, 2.24) is 0 Å². The lowest BCUT2D eigenvalue weighted by Crippen LogP contribution is -1.84. The summed E-state index contributed by atoms with van der Waals surface area (Å²) >= 11 is 5.44. The fraction of sp³-hybridized carbons (Fsp3) is 0. The Morgan fingerprint density at radius 3 is 1.92 bits per heavy atom. The molecule has 26 heavy (non-hydrogen) atoms. The van der Waals surface area contributed by atoms with E-state index in [0.29, 0.717) is 0 Å². The van der Waals surface area contributed by atoms with Crippen molar-refractivity contribution in [3.05, 3.63) is 95.5 Å². The van der Waals surface area contributed by atoms with Crippen LogP contribution < -0.4 is 0 Å². The molecule has 124 valence electrons. The summed E-state index contributed by atoms with van der Waals surface area (Å²) in [6.45, 7) is 0. The minimum absolute atomic E-state index is 1.13. The Labute approximate surface area is 164 Å². The van der Waals surface area contributed by atoms with Gasteiger partial charge in [-0.3, -0.25) is 0 Å². The summed E-state index contributed by atoms with van der Waals surface area (Å²) < 4.78 is 3.78. The quantitative estimate of drug-likeness (QED) is 0.273. The van der Waals surface area contributed by atoms with Gasteiger partial charge in [-0.2, -0.15) is 0 Å². The van der Waals surface area contributed by atoms with Crippen LogP contribution in [-0.4, -0.2) is 0 Å². The van der Waals surface area contributed by atoms with Crippen molar-refractivity contribution in [1.29, 1.82) is 0 Å². The van der Waals surface area contributed by atoms with E-state index in [0.717, 1.165) is 4.47 Å². The van der Waals surface area contributed by atoms with Crippen LogP contribution >= 0.6 is 27.3 Å². The van der Waals surface area contributed by atoms with E-state index >= 15 is 0 Å². The number of thiophene rings is 1. The SMILES string of the molecule is Brc1ccc2c(c1)sc1cc(-c3ccccc3-c3ccccc3)ccc12. The third-order valence-corrected chi connectivity index (χ3v) is 6.37. The molecule has 0 saturated carbocycles. The van der Waals surface area contributed by atoms with Crippen LogP contribution in [0.1, 0.15) is 0 Å². The first kappa shape index (κ1) is 15.8. The maximum Gasteiger partial charge on any atom is 0.0366 e. The maximum atomic E-state index is 3.58. The van der Waals surface area contributed by atoms with Gasteiger partial charge in [-0.15, -0.1) is 11.3 Å². The zero-order chi connectivity index (χ0) is 17.5. The van der Waals surface area contributed by atoms with E-state index < -0.39 is 0 Å². The molecule has 0 aliphatic rings. The molecule has 0 bridgehead atoms. The highest BCUT2D eigenvalue weighted by Crippen LogP contribution is 2.39. The smallest absolute Gasteiger partial charge is 0.0366 e. The molecular weight excluding hydrogens is 400 g/mol. The van der Waals surface area contributed by atoms with Gasteiger partial charge in [-0.1, -0.05) is 88.7 Å². The molecule has 0 unspecified atom stereocenters. The summed E-state index contributed by atoms with van der Waals surface area (Å²) in [5.41, 5.74) is 5.07. The first-order chi connectivity index (χ1) is 12.8. The average Bonchev–Trinajstić information content (AvgIpc) is 3.05. The first-order valence-corrected chi connectivity index (χ1v) is 10.2. The van der Waals surface area contributed by atoms with Gasteiger partial charge in [0.25, 0.3) is 0 Å². The van der Waals surface area contributed by atoms with Gasteiger partial charge in [0.2, 0.25) is 0 Å². The van der Waals surface area contributed by atoms with Crippen LogP contribution in [0.4, 0.5) is 0 Å². The standard InChI is InChI=1S/C24H15BrS/c25-18-11-13-22-21-12-10-17(14-23(21)26-24(22)15-18)20-9-5-4-8-19(20)16-6-2-1-3-7-16/h1-15H. The summed E-state index contributed by atoms with van der Waals surface area (Å²) in [6.07, 6.45) is 0. The predicted octanol–water partition coefficient (Wildman–Crippen LogP) is 8.15. The van der Waals surface area contributed by atoms with Gasteiger partial charge in [-0.25, -0.2) is 0 Å². The fourth-order valence-corrected chi connectivity index (χ4v) is 5.22. The molecule has 4 aromatic carbocycles. The highest BCUT2D eigenvalue weighted by molar-refractivity contribution is 9.10. The summed E-state index contributed by atoms with van der Waals surface area (Å²) in [5.74, 6) is 0. The molecule has 0 aliphatic carbocycles. The highest BCUT2D eigenvalue weighted by Gasteiger charge is 2.10. The van der Waals surface area contributed by atoms with Crippen LogP contribution in [-0.2, 0) is 0 Å². The Bertz CT molecular complexity index is 1240. The second kappa shape index (κ2) is 6.39. The van der Waals surface area contributed by atoms with Crippen molar-refractivity contribution < 1.29 is 0 Å². The lowest BCUT2D eigenvalue weighted by molar-refractivity contribution is 1.60. The maximum absolute atomic E-state index is 3.58. The Balaban J connectivity index is 1.72. The fourth-order valence-electron chi connectivity index (χ4n) is 3.52. The second-order valence-electron chi connectivity index (χ2n) is 6.37. The van der Waals surface area contributed by atoms with Crippen molar-refractivity contribution >= 4 is 47.4 Å². The molecule has 0 spiro atoms. The van der Waals surface area contributed by atoms with Crippen LogP contribution in [0.5, 0.6) is 0 Å². The third-order valence-electron chi connectivity index (χ3n) is 4.76. The highest BCUT2D eigenvalue weighted by atomic mass is 79.9. The van der Waals surface area contributed by atoms with Gasteiger partial charge in [0.15, 0.2) is 0 Å². The van der Waals surface area contributed by atoms with Crippen LogP contribution in [0.3, 0.4) is 0 Å². The Morgan fingerprint density at radius 1 is 0.538 bits per heavy atom. The van der Waals surface area contributed by atoms with Crippen molar-refractivity contribution in [2.75, 3.05) is 0 Å². The number of fused-ring (bicyclic) bond motifs is 3. The third kappa shape index (κ3) is 2.66. The summed E-state index contributed by atoms with van der Waals surface area (Å²) in [4.78, 5) is 0. The molecule has 0 N–H and O–H groups in total. The number of rotatable bonds is 2. The summed E-state index contributed by atoms with van der Waals surface area (Å²) in [7, 11) is 0. The summed E-state index contributed by atoms with van der Waals surface area (Å²) in [6, 6.07) is 32.6. The Morgan fingerprint density at radius 2 is 1.15 bits per heavy atom. The predicted molar refractivity (Wildman–Crippen MR) is 118 cm³/mol. The lowest BCUT2D eigenvalue weighted by Gasteiger charge is -2.10. The van der Waals surface area contributed by atoms with E-state index in [1.165, 1.54) is 42.4 Å². The number of hydrogen-bond acceptors (Lipinski definition) is 1. The molecule has 5 rings (SSSR count). The molecule has 0 aliphatic heterocycles. The average molecular weight is 415 g/mol. The van der Waals surface area contributed by atoms with Gasteiger partial charge in [-0.05, 0) is 40.5 Å². The minimum Gasteiger partial charge on any atom is -0.135 e. The van der Waals surface area contributed by atoms with Gasteiger partial charge in [0.1, 0.15) is 0 Å². The molecule has 1 aromatic heterocycles. The van der Waals surface area contributed by atoms with Crippen LogP contribution in [0.2, 0.25) is 0 Å². The van der Waals surface area contributed by atoms with Crippen molar-refractivity contribution in [3.63, 3.8) is 0 Å². The van der Waals surface area contributed by atoms with E-state index in [9.17, 15) is 0 Å². The van der Waals surface area contributed by atoms with Gasteiger partial charge >= 0.3 is 0 Å². The molecule has 0 nitrogen and oxygen atoms in total. The lowest BCUT2D eigenvalue weighted by atomic mass is 9.94. The zero-order valence-corrected chi connectivity index (χ0v) is 16.3. The largest absolute Gasteiger partial charge is 0.135 e. The van der Waals surface area contributed by atoms with E-state index in [1.54, 1.807) is 0 Å². The topological polar surface area (TPSA) is 0 Å². The van der Waals surface area contributed by atoms with Gasteiger partial charge < -0.3 is 0 Å². The monoisotopic (exact) mass is 414 g/mol. The summed E-state index contributed by atoms with van der Waals surface area (Å²) in [5, 5.41) is 2.66. The van der Waals surface area contributed by atoms with Crippen LogP contribution in [0.25, 0.3) is 42.4 Å². The molecule has 0 atom stereocenters. The van der Waals surface area contributed by atoms with E-state index in [-0.39, 0.29) is 0 Å². The molecule has 2 heteroatoms. The van der Waals surface area contributed by atoms with E-state index in [4.69, 9.17) is 0 Å². The van der Waals surface area contributed by atoms with Crippen LogP contribution in [0, 0.1) is 0 Å². The van der Waals surface area contributed by atoms with E-state index in [2.05, 4.69) is 107 Å². The molecular formula is C24H15BrS. The van der Waals surface area contributed by atoms with Crippen molar-refractivity contribution in [2.45, 2.75) is 0 Å². The molecule has 0 amide bonds. The molecule has 0 radical (unpaired) electrons.